The van der Waals surface area contributed by atoms with Crippen molar-refractivity contribution in [3.8, 4) is 0 Å². The van der Waals surface area contributed by atoms with Crippen LogP contribution in [0.15, 0.2) is 30.5 Å². The number of carbonyl (C=O) groups excluding carboxylic acids is 1. The fourth-order valence-electron chi connectivity index (χ4n) is 2.36. The highest BCUT2D eigenvalue weighted by Crippen LogP contribution is 2.29. The van der Waals surface area contributed by atoms with Gasteiger partial charge in [0, 0.05) is 11.1 Å². The molecule has 4 heteroatoms. The summed E-state index contributed by atoms with van der Waals surface area (Å²) in [5.74, 6) is 0.0186. The van der Waals surface area contributed by atoms with Crippen LogP contribution in [0.5, 0.6) is 0 Å². The standard InChI is InChI=1S/C15H16N2OS/c18-15(17-10-12-6-3-4-8-16-12)14-9-11-5-1-2-7-13(11)19-14/h3-4,6,8-9H,1-2,5,7,10H2,(H,17,18). The van der Waals surface area contributed by atoms with E-state index in [-0.39, 0.29) is 5.91 Å². The summed E-state index contributed by atoms with van der Waals surface area (Å²) in [7, 11) is 0. The molecule has 19 heavy (non-hydrogen) atoms. The Bertz CT molecular complexity index is 554. The van der Waals surface area contributed by atoms with Gasteiger partial charge in [-0.1, -0.05) is 6.07 Å². The first kappa shape index (κ1) is 12.4. The largest absolute Gasteiger partial charge is 0.346 e. The Labute approximate surface area is 116 Å². The highest BCUT2D eigenvalue weighted by molar-refractivity contribution is 7.14. The maximum absolute atomic E-state index is 12.1. The summed E-state index contributed by atoms with van der Waals surface area (Å²) in [6.07, 6.45) is 6.50. The number of hydrogen-bond acceptors (Lipinski definition) is 3. The maximum atomic E-state index is 12.1. The molecule has 3 nitrogen and oxygen atoms in total. The van der Waals surface area contributed by atoms with E-state index in [0.717, 1.165) is 23.4 Å². The van der Waals surface area contributed by atoms with Crippen LogP contribution in [0.3, 0.4) is 0 Å². The van der Waals surface area contributed by atoms with Gasteiger partial charge in [0.05, 0.1) is 17.1 Å². The molecule has 1 aliphatic carbocycles. The summed E-state index contributed by atoms with van der Waals surface area (Å²) in [6.45, 7) is 0.488. The number of pyridine rings is 1. The zero-order valence-electron chi connectivity index (χ0n) is 10.7. The van der Waals surface area contributed by atoms with Gasteiger partial charge < -0.3 is 5.32 Å². The van der Waals surface area contributed by atoms with Gasteiger partial charge in [0.1, 0.15) is 0 Å². The topological polar surface area (TPSA) is 42.0 Å². The molecule has 0 atom stereocenters. The average Bonchev–Trinajstić information content (AvgIpc) is 2.90. The third kappa shape index (κ3) is 2.84. The van der Waals surface area contributed by atoms with Crippen molar-refractivity contribution in [2.75, 3.05) is 0 Å². The summed E-state index contributed by atoms with van der Waals surface area (Å²) in [6, 6.07) is 7.78. The molecule has 1 aliphatic rings. The highest BCUT2D eigenvalue weighted by Gasteiger charge is 2.16. The van der Waals surface area contributed by atoms with Crippen molar-refractivity contribution in [2.24, 2.45) is 0 Å². The molecule has 98 valence electrons. The monoisotopic (exact) mass is 272 g/mol. The number of thiophene rings is 1. The summed E-state index contributed by atoms with van der Waals surface area (Å²) >= 11 is 1.65. The molecular weight excluding hydrogens is 256 g/mol. The van der Waals surface area contributed by atoms with Gasteiger partial charge in [-0.15, -0.1) is 11.3 Å². The number of fused-ring (bicyclic) bond motifs is 1. The Morgan fingerprint density at radius 2 is 2.21 bits per heavy atom. The van der Waals surface area contributed by atoms with Crippen molar-refractivity contribution >= 4 is 17.2 Å². The lowest BCUT2D eigenvalue weighted by atomic mass is 9.99. The highest BCUT2D eigenvalue weighted by atomic mass is 32.1. The maximum Gasteiger partial charge on any atom is 0.261 e. The average molecular weight is 272 g/mol. The van der Waals surface area contributed by atoms with E-state index in [2.05, 4.69) is 16.4 Å². The van der Waals surface area contributed by atoms with Crippen LogP contribution in [-0.2, 0) is 19.4 Å². The Balaban J connectivity index is 1.65. The van der Waals surface area contributed by atoms with Gasteiger partial charge in [-0.3, -0.25) is 9.78 Å². The van der Waals surface area contributed by atoms with Crippen LogP contribution in [0.25, 0.3) is 0 Å². The Morgan fingerprint density at radius 1 is 1.32 bits per heavy atom. The van der Waals surface area contributed by atoms with E-state index >= 15 is 0 Å². The Morgan fingerprint density at radius 3 is 3.00 bits per heavy atom. The Kier molecular flexibility index (Phi) is 3.60. The Hall–Kier alpha value is -1.68. The molecule has 1 amide bonds. The molecule has 0 aromatic carbocycles. The molecule has 2 heterocycles. The lowest BCUT2D eigenvalue weighted by molar-refractivity contribution is 0.0954. The number of rotatable bonds is 3. The van der Waals surface area contributed by atoms with Crippen molar-refractivity contribution in [1.29, 1.82) is 0 Å². The number of nitrogens with one attached hydrogen (secondary N) is 1. The van der Waals surface area contributed by atoms with Crippen LogP contribution in [0.2, 0.25) is 0 Å². The molecule has 0 saturated carbocycles. The zero-order valence-corrected chi connectivity index (χ0v) is 11.5. The molecule has 0 saturated heterocycles. The zero-order chi connectivity index (χ0) is 13.1. The van der Waals surface area contributed by atoms with Crippen molar-refractivity contribution in [1.82, 2.24) is 10.3 Å². The summed E-state index contributed by atoms with van der Waals surface area (Å²) in [4.78, 5) is 18.5. The van der Waals surface area contributed by atoms with Crippen LogP contribution in [-0.4, -0.2) is 10.9 Å². The number of hydrogen-bond donors (Lipinski definition) is 1. The molecular formula is C15H16N2OS. The lowest BCUT2D eigenvalue weighted by Gasteiger charge is -2.08. The second-order valence-electron chi connectivity index (χ2n) is 4.77. The van der Waals surface area contributed by atoms with E-state index in [4.69, 9.17) is 0 Å². The fraction of sp³-hybridized carbons (Fsp3) is 0.333. The fourth-order valence-corrected chi connectivity index (χ4v) is 3.53. The minimum absolute atomic E-state index is 0.0186. The molecule has 0 bridgehead atoms. The second-order valence-corrected chi connectivity index (χ2v) is 5.91. The minimum Gasteiger partial charge on any atom is -0.346 e. The number of carbonyl (C=O) groups is 1. The molecule has 1 N–H and O–H groups in total. The summed E-state index contributed by atoms with van der Waals surface area (Å²) < 4.78 is 0. The molecule has 0 fully saturated rings. The molecule has 2 aromatic heterocycles. The van der Waals surface area contributed by atoms with Crippen LogP contribution >= 0.6 is 11.3 Å². The molecule has 0 aliphatic heterocycles. The van der Waals surface area contributed by atoms with Gasteiger partial charge >= 0.3 is 0 Å². The molecule has 0 spiro atoms. The van der Waals surface area contributed by atoms with Gasteiger partial charge in [-0.2, -0.15) is 0 Å². The predicted molar refractivity (Wildman–Crippen MR) is 76.4 cm³/mol. The van der Waals surface area contributed by atoms with E-state index in [1.54, 1.807) is 17.5 Å². The van der Waals surface area contributed by atoms with Crippen LogP contribution in [0.4, 0.5) is 0 Å². The van der Waals surface area contributed by atoms with Crippen molar-refractivity contribution in [3.63, 3.8) is 0 Å². The quantitative estimate of drug-likeness (QED) is 0.933. The van der Waals surface area contributed by atoms with Crippen LogP contribution in [0.1, 0.15) is 38.6 Å². The van der Waals surface area contributed by atoms with Gasteiger partial charge in [-0.05, 0) is 49.4 Å². The van der Waals surface area contributed by atoms with E-state index in [1.807, 2.05) is 18.2 Å². The normalized spacial score (nSPS) is 13.9. The van der Waals surface area contributed by atoms with E-state index in [0.29, 0.717) is 6.54 Å². The third-order valence-corrected chi connectivity index (χ3v) is 4.61. The number of amides is 1. The van der Waals surface area contributed by atoms with Crippen molar-refractivity contribution in [3.05, 3.63) is 51.5 Å². The van der Waals surface area contributed by atoms with Gasteiger partial charge in [-0.25, -0.2) is 0 Å². The van der Waals surface area contributed by atoms with Crippen molar-refractivity contribution in [2.45, 2.75) is 32.2 Å². The van der Waals surface area contributed by atoms with Gasteiger partial charge in [0.15, 0.2) is 0 Å². The first-order valence-corrected chi connectivity index (χ1v) is 7.44. The van der Waals surface area contributed by atoms with E-state index in [9.17, 15) is 4.79 Å². The first-order valence-electron chi connectivity index (χ1n) is 6.62. The first-order chi connectivity index (χ1) is 9.33. The second kappa shape index (κ2) is 5.53. The molecule has 0 radical (unpaired) electrons. The molecule has 3 rings (SSSR count). The van der Waals surface area contributed by atoms with E-state index in [1.165, 1.54) is 23.3 Å². The lowest BCUT2D eigenvalue weighted by Crippen LogP contribution is -2.22. The van der Waals surface area contributed by atoms with Crippen molar-refractivity contribution < 1.29 is 4.79 Å². The number of aromatic nitrogens is 1. The summed E-state index contributed by atoms with van der Waals surface area (Å²) in [5.41, 5.74) is 2.26. The smallest absolute Gasteiger partial charge is 0.261 e. The van der Waals surface area contributed by atoms with Gasteiger partial charge in [0.2, 0.25) is 0 Å². The number of nitrogens with zero attached hydrogens (tertiary/aromatic N) is 1. The minimum atomic E-state index is 0.0186. The third-order valence-electron chi connectivity index (χ3n) is 3.38. The predicted octanol–water partition coefficient (Wildman–Crippen LogP) is 2.95. The van der Waals surface area contributed by atoms with Crippen LogP contribution in [0, 0.1) is 0 Å². The number of aryl methyl sites for hydroxylation is 2. The molecule has 0 unspecified atom stereocenters. The summed E-state index contributed by atoms with van der Waals surface area (Å²) in [5, 5.41) is 2.93. The van der Waals surface area contributed by atoms with Crippen LogP contribution < -0.4 is 5.32 Å². The SMILES string of the molecule is O=C(NCc1ccccn1)c1cc2c(s1)CCCC2. The van der Waals surface area contributed by atoms with E-state index < -0.39 is 0 Å². The van der Waals surface area contributed by atoms with Gasteiger partial charge in [0.25, 0.3) is 5.91 Å². The molecule has 2 aromatic rings.